The molecule has 0 aliphatic carbocycles. The monoisotopic (exact) mass is 251 g/mol. The van der Waals surface area contributed by atoms with Crippen LogP contribution in [0.25, 0.3) is 21.5 Å². The van der Waals surface area contributed by atoms with Gasteiger partial charge in [0.15, 0.2) is 0 Å². The van der Waals surface area contributed by atoms with Gasteiger partial charge in [0, 0.05) is 0 Å². The van der Waals surface area contributed by atoms with Gasteiger partial charge in [-0.1, -0.05) is 36.4 Å². The lowest BCUT2D eigenvalue weighted by Crippen LogP contribution is -2.20. The minimum atomic E-state index is -1.01. The average Bonchev–Trinajstić information content (AvgIpc) is 2.43. The maximum Gasteiger partial charge on any atom is 0.325 e. The number of fused-ring (bicyclic) bond motifs is 2. The van der Waals surface area contributed by atoms with Gasteiger partial charge in [0.1, 0.15) is 6.04 Å². The summed E-state index contributed by atoms with van der Waals surface area (Å²) in [7, 11) is 0. The average molecular weight is 251 g/mol. The van der Waals surface area contributed by atoms with E-state index in [4.69, 9.17) is 10.8 Å². The van der Waals surface area contributed by atoms with Gasteiger partial charge in [0.05, 0.1) is 0 Å². The summed E-state index contributed by atoms with van der Waals surface area (Å²) in [5, 5.41) is 13.4. The van der Waals surface area contributed by atoms with E-state index in [1.807, 2.05) is 30.3 Å². The van der Waals surface area contributed by atoms with Crippen LogP contribution in [-0.2, 0) is 4.79 Å². The first-order valence-electron chi connectivity index (χ1n) is 6.06. The molecule has 3 rings (SSSR count). The molecule has 0 aliphatic rings. The third kappa shape index (κ3) is 2.04. The van der Waals surface area contributed by atoms with E-state index >= 15 is 0 Å². The number of carboxylic acid groups (broad SMARTS) is 1. The van der Waals surface area contributed by atoms with Gasteiger partial charge in [-0.25, -0.2) is 0 Å². The Bertz CT molecular complexity index is 780. The normalized spacial score (nSPS) is 12.7. The zero-order valence-corrected chi connectivity index (χ0v) is 10.2. The second kappa shape index (κ2) is 4.37. The molecule has 0 saturated carbocycles. The third-order valence-corrected chi connectivity index (χ3v) is 3.35. The van der Waals surface area contributed by atoms with E-state index in [1.54, 1.807) is 6.07 Å². The highest BCUT2D eigenvalue weighted by Gasteiger charge is 2.14. The Labute approximate surface area is 110 Å². The summed E-state index contributed by atoms with van der Waals surface area (Å²) in [6.07, 6.45) is 0. The van der Waals surface area contributed by atoms with E-state index < -0.39 is 12.0 Å². The molecule has 0 unspecified atom stereocenters. The number of aliphatic carboxylic acids is 1. The topological polar surface area (TPSA) is 63.3 Å². The predicted octanol–water partition coefficient (Wildman–Crippen LogP) is 3.08. The lowest BCUT2D eigenvalue weighted by molar-refractivity contribution is -0.138. The summed E-state index contributed by atoms with van der Waals surface area (Å²) in [6.45, 7) is 0. The third-order valence-electron chi connectivity index (χ3n) is 3.35. The second-order valence-corrected chi connectivity index (χ2v) is 4.62. The minimum absolute atomic E-state index is 0.621. The van der Waals surface area contributed by atoms with Gasteiger partial charge in [0.25, 0.3) is 0 Å². The fourth-order valence-electron chi connectivity index (χ4n) is 2.29. The maximum absolute atomic E-state index is 10.9. The predicted molar refractivity (Wildman–Crippen MR) is 76.0 cm³/mol. The highest BCUT2D eigenvalue weighted by molar-refractivity contribution is 5.98. The Morgan fingerprint density at radius 1 is 0.895 bits per heavy atom. The largest absolute Gasteiger partial charge is 0.480 e. The van der Waals surface area contributed by atoms with Crippen LogP contribution in [0.15, 0.2) is 54.6 Å². The number of carbonyl (C=O) groups is 1. The molecule has 0 amide bonds. The van der Waals surface area contributed by atoms with Crippen LogP contribution >= 0.6 is 0 Å². The van der Waals surface area contributed by atoms with Crippen molar-refractivity contribution in [2.45, 2.75) is 6.04 Å². The van der Waals surface area contributed by atoms with Crippen molar-refractivity contribution in [3.05, 3.63) is 60.2 Å². The fraction of sp³-hybridized carbons (Fsp3) is 0.0625. The summed E-state index contributed by atoms with van der Waals surface area (Å²) in [6, 6.07) is 16.8. The van der Waals surface area contributed by atoms with Crippen LogP contribution in [0.3, 0.4) is 0 Å². The lowest BCUT2D eigenvalue weighted by atomic mass is 9.99. The molecule has 3 aromatic carbocycles. The molecule has 0 aliphatic heterocycles. The number of benzene rings is 3. The molecule has 3 aromatic rings. The van der Waals surface area contributed by atoms with Crippen molar-refractivity contribution in [1.82, 2.24) is 0 Å². The number of nitrogens with two attached hydrogens (primary N) is 1. The molecule has 0 radical (unpaired) electrons. The minimum Gasteiger partial charge on any atom is -0.480 e. The van der Waals surface area contributed by atoms with Crippen LogP contribution in [0.4, 0.5) is 0 Å². The Kier molecular flexibility index (Phi) is 2.69. The Morgan fingerprint density at radius 3 is 2.11 bits per heavy atom. The van der Waals surface area contributed by atoms with E-state index in [-0.39, 0.29) is 0 Å². The summed E-state index contributed by atoms with van der Waals surface area (Å²) in [5.74, 6) is -1.01. The quantitative estimate of drug-likeness (QED) is 0.688. The molecule has 0 saturated heterocycles. The maximum atomic E-state index is 10.9. The van der Waals surface area contributed by atoms with Crippen molar-refractivity contribution in [2.75, 3.05) is 0 Å². The first-order valence-corrected chi connectivity index (χ1v) is 6.06. The summed E-state index contributed by atoms with van der Waals surface area (Å²) < 4.78 is 0. The molecule has 1 atom stereocenters. The highest BCUT2D eigenvalue weighted by atomic mass is 16.4. The summed E-state index contributed by atoms with van der Waals surface area (Å²) >= 11 is 0. The molecular formula is C16H13NO2. The van der Waals surface area contributed by atoms with Gasteiger partial charge in [-0.15, -0.1) is 0 Å². The molecule has 3 N–H and O–H groups in total. The van der Waals surface area contributed by atoms with Gasteiger partial charge < -0.3 is 10.8 Å². The van der Waals surface area contributed by atoms with E-state index in [9.17, 15) is 4.79 Å². The van der Waals surface area contributed by atoms with Gasteiger partial charge in [0.2, 0.25) is 0 Å². The van der Waals surface area contributed by atoms with Gasteiger partial charge in [-0.05, 0) is 45.3 Å². The second-order valence-electron chi connectivity index (χ2n) is 4.62. The van der Waals surface area contributed by atoms with Crippen molar-refractivity contribution in [3.8, 4) is 0 Å². The van der Waals surface area contributed by atoms with E-state index in [2.05, 4.69) is 18.2 Å². The SMILES string of the molecule is N[C@H](C(=O)O)c1ccc2cc3ccccc3cc2c1. The summed E-state index contributed by atoms with van der Waals surface area (Å²) in [5.41, 5.74) is 6.26. The zero-order chi connectivity index (χ0) is 13.4. The number of rotatable bonds is 2. The molecule has 0 aromatic heterocycles. The van der Waals surface area contributed by atoms with E-state index in [0.29, 0.717) is 5.56 Å². The Morgan fingerprint density at radius 2 is 1.47 bits per heavy atom. The number of hydrogen-bond donors (Lipinski definition) is 2. The van der Waals surface area contributed by atoms with Crippen molar-refractivity contribution in [3.63, 3.8) is 0 Å². The molecular weight excluding hydrogens is 238 g/mol. The van der Waals surface area contributed by atoms with Crippen LogP contribution in [0, 0.1) is 0 Å². The van der Waals surface area contributed by atoms with Crippen LogP contribution < -0.4 is 5.73 Å². The molecule has 94 valence electrons. The number of carboxylic acids is 1. The van der Waals surface area contributed by atoms with Crippen LogP contribution in [-0.4, -0.2) is 11.1 Å². The highest BCUT2D eigenvalue weighted by Crippen LogP contribution is 2.25. The van der Waals surface area contributed by atoms with Gasteiger partial charge in [-0.3, -0.25) is 4.79 Å². The molecule has 3 heteroatoms. The molecule has 0 bridgehead atoms. The van der Waals surface area contributed by atoms with E-state index in [0.717, 1.165) is 16.2 Å². The fourth-order valence-corrected chi connectivity index (χ4v) is 2.29. The first-order chi connectivity index (χ1) is 9.15. The molecule has 19 heavy (non-hydrogen) atoms. The van der Waals surface area contributed by atoms with Gasteiger partial charge in [-0.2, -0.15) is 0 Å². The lowest BCUT2D eigenvalue weighted by Gasteiger charge is -2.09. The van der Waals surface area contributed by atoms with Crippen LogP contribution in [0.1, 0.15) is 11.6 Å². The number of hydrogen-bond acceptors (Lipinski definition) is 2. The summed E-state index contributed by atoms with van der Waals surface area (Å²) in [4.78, 5) is 10.9. The van der Waals surface area contributed by atoms with Crippen LogP contribution in [0.2, 0.25) is 0 Å². The van der Waals surface area contributed by atoms with Gasteiger partial charge >= 0.3 is 5.97 Å². The molecule has 0 heterocycles. The smallest absolute Gasteiger partial charge is 0.325 e. The van der Waals surface area contributed by atoms with E-state index in [1.165, 1.54) is 5.39 Å². The van der Waals surface area contributed by atoms with Crippen molar-refractivity contribution >= 4 is 27.5 Å². The molecule has 0 fully saturated rings. The standard InChI is InChI=1S/C16H13NO2/c17-15(16(18)19)13-6-5-12-7-10-3-1-2-4-11(10)8-14(12)9-13/h1-9,15H,17H2,(H,18,19)/t15-/m0/s1. The van der Waals surface area contributed by atoms with Crippen molar-refractivity contribution in [1.29, 1.82) is 0 Å². The molecule has 0 spiro atoms. The molecule has 3 nitrogen and oxygen atoms in total. The van der Waals surface area contributed by atoms with Crippen molar-refractivity contribution in [2.24, 2.45) is 5.73 Å². The zero-order valence-electron chi connectivity index (χ0n) is 10.2. The Hall–Kier alpha value is -2.39. The van der Waals surface area contributed by atoms with Crippen LogP contribution in [0.5, 0.6) is 0 Å². The van der Waals surface area contributed by atoms with Crippen molar-refractivity contribution < 1.29 is 9.90 Å². The Balaban J connectivity index is 2.22. The first kappa shape index (κ1) is 11.7.